The highest BCUT2D eigenvalue weighted by molar-refractivity contribution is 7.19. The minimum Gasteiger partial charge on any atom is -0.385 e. The number of H-pyrrole nitrogens is 1. The van der Waals surface area contributed by atoms with E-state index in [0.717, 1.165) is 23.1 Å². The molecule has 0 radical (unpaired) electrons. The summed E-state index contributed by atoms with van der Waals surface area (Å²) in [5.74, 6) is 0.432. The fourth-order valence-corrected chi connectivity index (χ4v) is 4.62. The van der Waals surface area contributed by atoms with Crippen LogP contribution in [0.2, 0.25) is 0 Å². The summed E-state index contributed by atoms with van der Waals surface area (Å²) in [5.41, 5.74) is 8.03. The van der Waals surface area contributed by atoms with E-state index in [0.29, 0.717) is 5.82 Å². The van der Waals surface area contributed by atoms with Crippen molar-refractivity contribution in [1.29, 1.82) is 0 Å². The molecule has 1 aliphatic carbocycles. The maximum Gasteiger partial charge on any atom is 0.347 e. The number of nitrogens with zero attached hydrogens (tertiary/aromatic N) is 1. The molecule has 0 bridgehead atoms. The average molecular weight is 275 g/mol. The number of hydrogen-bond donors (Lipinski definition) is 2. The summed E-state index contributed by atoms with van der Waals surface area (Å²) in [6, 6.07) is 2.13. The van der Waals surface area contributed by atoms with E-state index < -0.39 is 0 Å². The van der Waals surface area contributed by atoms with E-state index in [9.17, 15) is 4.79 Å². The molecular formula is C12H9N3OS2. The second-order valence-electron chi connectivity index (χ2n) is 4.29. The molecule has 18 heavy (non-hydrogen) atoms. The summed E-state index contributed by atoms with van der Waals surface area (Å²) in [6.07, 6.45) is 2.08. The lowest BCUT2D eigenvalue weighted by Gasteiger charge is -2.12. The van der Waals surface area contributed by atoms with Gasteiger partial charge in [0.2, 0.25) is 0 Å². The van der Waals surface area contributed by atoms with Crippen LogP contribution in [0.1, 0.15) is 9.75 Å². The number of anilines is 1. The number of aromatic amines is 1. The molecule has 3 aromatic heterocycles. The molecule has 0 aromatic carbocycles. The van der Waals surface area contributed by atoms with E-state index in [1.165, 1.54) is 20.9 Å². The molecule has 3 N–H and O–H groups in total. The first-order chi connectivity index (χ1) is 8.74. The van der Waals surface area contributed by atoms with Crippen LogP contribution in [0.5, 0.6) is 0 Å². The van der Waals surface area contributed by atoms with Crippen molar-refractivity contribution in [3.05, 3.63) is 31.7 Å². The van der Waals surface area contributed by atoms with Crippen molar-refractivity contribution in [3.63, 3.8) is 0 Å². The van der Waals surface area contributed by atoms with Crippen LogP contribution in [0.25, 0.3) is 21.3 Å². The van der Waals surface area contributed by atoms with Gasteiger partial charge in [-0.3, -0.25) is 4.98 Å². The van der Waals surface area contributed by atoms with Gasteiger partial charge in [-0.25, -0.2) is 4.79 Å². The normalized spacial score (nSPS) is 13.6. The summed E-state index contributed by atoms with van der Waals surface area (Å²) >= 11 is 3.37. The third-order valence-electron chi connectivity index (χ3n) is 3.27. The lowest BCUT2D eigenvalue weighted by atomic mass is 9.95. The molecule has 90 valence electrons. The molecule has 0 atom stereocenters. The number of hydrogen-bond acceptors (Lipinski definition) is 5. The topological polar surface area (TPSA) is 71.8 Å². The van der Waals surface area contributed by atoms with Crippen LogP contribution < -0.4 is 11.4 Å². The largest absolute Gasteiger partial charge is 0.385 e. The minimum absolute atomic E-state index is 0.371. The minimum atomic E-state index is -0.371. The fourth-order valence-electron chi connectivity index (χ4n) is 2.54. The number of rotatable bonds is 0. The molecule has 6 heteroatoms. The van der Waals surface area contributed by atoms with Gasteiger partial charge in [0.15, 0.2) is 0 Å². The predicted molar refractivity (Wildman–Crippen MR) is 75.4 cm³/mol. The monoisotopic (exact) mass is 275 g/mol. The number of nitrogens with one attached hydrogen (secondary N) is 1. The highest BCUT2D eigenvalue weighted by Crippen LogP contribution is 2.45. The second-order valence-corrected chi connectivity index (χ2v) is 6.38. The van der Waals surface area contributed by atoms with Gasteiger partial charge in [-0.2, -0.15) is 4.98 Å². The number of nitrogens with two attached hydrogens (primary N) is 1. The van der Waals surface area contributed by atoms with Crippen LogP contribution >= 0.6 is 22.7 Å². The van der Waals surface area contributed by atoms with Crippen molar-refractivity contribution in [3.8, 4) is 11.1 Å². The van der Waals surface area contributed by atoms with Crippen LogP contribution in [0.4, 0.5) is 5.82 Å². The summed E-state index contributed by atoms with van der Waals surface area (Å²) in [7, 11) is 0. The predicted octanol–water partition coefficient (Wildman–Crippen LogP) is 2.39. The number of nitrogen functional groups attached to an aromatic ring is 1. The Kier molecular flexibility index (Phi) is 1.96. The molecule has 4 rings (SSSR count). The molecule has 0 amide bonds. The lowest BCUT2D eigenvalue weighted by Crippen LogP contribution is -2.11. The lowest BCUT2D eigenvalue weighted by molar-refractivity contribution is 0.989. The molecule has 3 heterocycles. The summed E-state index contributed by atoms with van der Waals surface area (Å²) in [5, 5.41) is 3.02. The van der Waals surface area contributed by atoms with Gasteiger partial charge in [-0.05, 0) is 29.9 Å². The van der Waals surface area contributed by atoms with Crippen LogP contribution in [0.3, 0.4) is 0 Å². The quantitative estimate of drug-likeness (QED) is 0.661. The Morgan fingerprint density at radius 3 is 3.06 bits per heavy atom. The Balaban J connectivity index is 2.20. The van der Waals surface area contributed by atoms with Gasteiger partial charge < -0.3 is 5.73 Å². The van der Waals surface area contributed by atoms with Gasteiger partial charge in [-0.1, -0.05) is 0 Å². The Morgan fingerprint density at radius 2 is 2.17 bits per heavy atom. The summed E-state index contributed by atoms with van der Waals surface area (Å²) in [4.78, 5) is 21.4. The van der Waals surface area contributed by atoms with Crippen LogP contribution in [0.15, 0.2) is 16.2 Å². The number of thiophene rings is 2. The van der Waals surface area contributed by atoms with Crippen molar-refractivity contribution in [2.24, 2.45) is 0 Å². The number of aromatic nitrogens is 2. The highest BCUT2D eigenvalue weighted by atomic mass is 32.1. The molecule has 0 saturated heterocycles. The first-order valence-corrected chi connectivity index (χ1v) is 7.31. The van der Waals surface area contributed by atoms with E-state index >= 15 is 0 Å². The van der Waals surface area contributed by atoms with E-state index in [2.05, 4.69) is 21.4 Å². The second kappa shape index (κ2) is 3.43. The molecule has 0 spiro atoms. The third kappa shape index (κ3) is 1.24. The van der Waals surface area contributed by atoms with E-state index in [4.69, 9.17) is 5.73 Å². The Bertz CT molecular complexity index is 828. The molecular weight excluding hydrogens is 266 g/mol. The zero-order valence-corrected chi connectivity index (χ0v) is 11.0. The molecule has 0 fully saturated rings. The van der Waals surface area contributed by atoms with Crippen LogP contribution in [0, 0.1) is 0 Å². The van der Waals surface area contributed by atoms with E-state index in [-0.39, 0.29) is 5.69 Å². The number of aryl methyl sites for hydroxylation is 2. The maximum absolute atomic E-state index is 11.4. The standard InChI is InChI=1S/C12H9N3OS2/c13-10-9-8-5-3-4-17-6(5)1-2-7(8)18-11(9)15-12(16)14-10/h3-4H,1-2H2,(H3,13,14,15,16). The van der Waals surface area contributed by atoms with Crippen molar-refractivity contribution in [2.75, 3.05) is 5.73 Å². The zero-order valence-electron chi connectivity index (χ0n) is 9.32. The maximum atomic E-state index is 11.4. The first-order valence-electron chi connectivity index (χ1n) is 5.62. The molecule has 0 unspecified atom stereocenters. The van der Waals surface area contributed by atoms with Crippen molar-refractivity contribution >= 4 is 38.7 Å². The van der Waals surface area contributed by atoms with Gasteiger partial charge in [0, 0.05) is 15.3 Å². The smallest absolute Gasteiger partial charge is 0.347 e. The Morgan fingerprint density at radius 1 is 1.33 bits per heavy atom. The molecule has 3 aromatic rings. The van der Waals surface area contributed by atoms with Crippen LogP contribution in [-0.4, -0.2) is 9.97 Å². The van der Waals surface area contributed by atoms with Gasteiger partial charge >= 0.3 is 5.69 Å². The summed E-state index contributed by atoms with van der Waals surface area (Å²) in [6.45, 7) is 0. The number of fused-ring (bicyclic) bond motifs is 5. The third-order valence-corrected chi connectivity index (χ3v) is 5.39. The van der Waals surface area contributed by atoms with Gasteiger partial charge in [0.1, 0.15) is 10.6 Å². The first kappa shape index (κ1) is 10.3. The zero-order chi connectivity index (χ0) is 12.3. The van der Waals surface area contributed by atoms with Gasteiger partial charge in [0.05, 0.1) is 5.39 Å². The van der Waals surface area contributed by atoms with E-state index in [1.54, 1.807) is 22.7 Å². The molecule has 0 saturated carbocycles. The van der Waals surface area contributed by atoms with Crippen molar-refractivity contribution in [1.82, 2.24) is 9.97 Å². The van der Waals surface area contributed by atoms with Crippen molar-refractivity contribution in [2.45, 2.75) is 12.8 Å². The Hall–Kier alpha value is -1.66. The SMILES string of the molecule is Nc1[nH]c(=O)nc2sc3c(c12)-c1ccsc1CC3. The van der Waals surface area contributed by atoms with Gasteiger partial charge in [-0.15, -0.1) is 22.7 Å². The molecule has 1 aliphatic rings. The Labute approximate surface area is 110 Å². The van der Waals surface area contributed by atoms with Crippen LogP contribution in [-0.2, 0) is 12.8 Å². The fraction of sp³-hybridized carbons (Fsp3) is 0.167. The summed E-state index contributed by atoms with van der Waals surface area (Å²) < 4.78 is 0. The van der Waals surface area contributed by atoms with Gasteiger partial charge in [0.25, 0.3) is 0 Å². The highest BCUT2D eigenvalue weighted by Gasteiger charge is 2.24. The van der Waals surface area contributed by atoms with Crippen molar-refractivity contribution < 1.29 is 0 Å². The van der Waals surface area contributed by atoms with E-state index in [1.807, 2.05) is 0 Å². The molecule has 0 aliphatic heterocycles. The average Bonchev–Trinajstić information content (AvgIpc) is 2.89. The molecule has 4 nitrogen and oxygen atoms in total.